The zero-order valence-corrected chi connectivity index (χ0v) is 15.2. The van der Waals surface area contributed by atoms with E-state index in [4.69, 9.17) is 0 Å². The molecule has 1 fully saturated rings. The fourth-order valence-electron chi connectivity index (χ4n) is 4.32. The molecule has 0 radical (unpaired) electrons. The summed E-state index contributed by atoms with van der Waals surface area (Å²) in [6.45, 7) is 3.15. The van der Waals surface area contributed by atoms with E-state index in [-0.39, 0.29) is 5.43 Å². The van der Waals surface area contributed by atoms with Crippen molar-refractivity contribution in [2.24, 2.45) is 0 Å². The summed E-state index contributed by atoms with van der Waals surface area (Å²) in [6.07, 6.45) is 7.92. The minimum absolute atomic E-state index is 0.0714. The van der Waals surface area contributed by atoms with Crippen LogP contribution in [-0.2, 0) is 6.54 Å². The maximum atomic E-state index is 12.4. The van der Waals surface area contributed by atoms with Crippen molar-refractivity contribution < 1.29 is 4.98 Å². The molecule has 0 unspecified atom stereocenters. The molecule has 0 aliphatic carbocycles. The summed E-state index contributed by atoms with van der Waals surface area (Å²) in [5.41, 5.74) is 3.44. The minimum atomic E-state index is 0.0714. The molecule has 5 heteroatoms. The van der Waals surface area contributed by atoms with E-state index < -0.39 is 0 Å². The summed E-state index contributed by atoms with van der Waals surface area (Å²) in [6, 6.07) is 14.8. The molecular formula is C22H23N4O+. The molecule has 136 valence electrons. The zero-order valence-electron chi connectivity index (χ0n) is 15.2. The summed E-state index contributed by atoms with van der Waals surface area (Å²) in [7, 11) is 0. The Kier molecular flexibility index (Phi) is 4.02. The van der Waals surface area contributed by atoms with Crippen molar-refractivity contribution in [1.29, 1.82) is 0 Å². The average Bonchev–Trinajstić information content (AvgIpc) is 3.19. The van der Waals surface area contributed by atoms with Crippen molar-refractivity contribution in [2.45, 2.75) is 25.4 Å². The second-order valence-electron chi connectivity index (χ2n) is 7.40. The van der Waals surface area contributed by atoms with Crippen LogP contribution in [0.1, 0.15) is 24.4 Å². The average molecular weight is 359 g/mol. The van der Waals surface area contributed by atoms with E-state index in [1.807, 2.05) is 18.6 Å². The fourth-order valence-corrected chi connectivity index (χ4v) is 4.32. The van der Waals surface area contributed by atoms with Crippen LogP contribution in [0.15, 0.2) is 65.8 Å². The number of nitrogens with one attached hydrogen (secondary N) is 2. The van der Waals surface area contributed by atoms with Gasteiger partial charge in [0.2, 0.25) is 0 Å². The number of aromatic amines is 2. The highest BCUT2D eigenvalue weighted by Crippen LogP contribution is 2.28. The highest BCUT2D eigenvalue weighted by molar-refractivity contribution is 6.00. The summed E-state index contributed by atoms with van der Waals surface area (Å²) in [4.78, 5) is 21.3. The number of H-pyrrole nitrogens is 2. The van der Waals surface area contributed by atoms with Gasteiger partial charge in [-0.2, -0.15) is 0 Å². The summed E-state index contributed by atoms with van der Waals surface area (Å²) in [5, 5.41) is 1.84. The van der Waals surface area contributed by atoms with Gasteiger partial charge >= 0.3 is 0 Å². The molecule has 3 aromatic heterocycles. The maximum Gasteiger partial charge on any atom is 0.286 e. The number of hydrogen-bond donors (Lipinski definition) is 1. The lowest BCUT2D eigenvalue weighted by atomic mass is 10.0. The van der Waals surface area contributed by atoms with Crippen molar-refractivity contribution in [3.8, 4) is 0 Å². The Morgan fingerprint density at radius 3 is 2.67 bits per heavy atom. The van der Waals surface area contributed by atoms with Gasteiger partial charge in [0.1, 0.15) is 6.20 Å². The van der Waals surface area contributed by atoms with Gasteiger partial charge in [0.05, 0.1) is 22.5 Å². The van der Waals surface area contributed by atoms with E-state index in [0.29, 0.717) is 6.04 Å². The number of likely N-dealkylation sites (tertiary alicyclic amines) is 1. The van der Waals surface area contributed by atoms with Gasteiger partial charge in [-0.15, -0.1) is 0 Å². The molecule has 4 aromatic rings. The molecule has 27 heavy (non-hydrogen) atoms. The van der Waals surface area contributed by atoms with E-state index in [9.17, 15) is 4.79 Å². The van der Waals surface area contributed by atoms with Gasteiger partial charge in [-0.05, 0) is 24.5 Å². The van der Waals surface area contributed by atoms with Crippen LogP contribution >= 0.6 is 0 Å². The number of piperidine rings is 1. The van der Waals surface area contributed by atoms with Crippen molar-refractivity contribution in [3.63, 3.8) is 0 Å². The molecule has 1 aliphatic rings. The van der Waals surface area contributed by atoms with Gasteiger partial charge < -0.3 is 4.57 Å². The van der Waals surface area contributed by atoms with Gasteiger partial charge in [0.15, 0.2) is 5.43 Å². The number of aromatic nitrogens is 3. The third-order valence-corrected chi connectivity index (χ3v) is 5.73. The Morgan fingerprint density at radius 1 is 1.04 bits per heavy atom. The fraction of sp³-hybridized carbons (Fsp3) is 0.273. The number of pyridine rings is 2. The molecule has 0 bridgehead atoms. The molecule has 0 spiro atoms. The molecule has 1 aromatic carbocycles. The highest BCUT2D eigenvalue weighted by Gasteiger charge is 2.23. The van der Waals surface area contributed by atoms with Gasteiger partial charge in [0.25, 0.3) is 5.65 Å². The van der Waals surface area contributed by atoms with Crippen molar-refractivity contribution in [3.05, 3.63) is 76.8 Å². The maximum absolute atomic E-state index is 12.4. The summed E-state index contributed by atoms with van der Waals surface area (Å²) >= 11 is 0. The summed E-state index contributed by atoms with van der Waals surface area (Å²) < 4.78 is 2.32. The third-order valence-electron chi connectivity index (χ3n) is 5.73. The Hall–Kier alpha value is -2.92. The smallest absolute Gasteiger partial charge is 0.286 e. The van der Waals surface area contributed by atoms with E-state index >= 15 is 0 Å². The zero-order chi connectivity index (χ0) is 18.2. The van der Waals surface area contributed by atoms with E-state index in [1.165, 1.54) is 5.56 Å². The first-order chi connectivity index (χ1) is 13.3. The van der Waals surface area contributed by atoms with Crippen LogP contribution in [-0.4, -0.2) is 27.5 Å². The number of rotatable bonds is 3. The largest absolute Gasteiger partial charge is 0.343 e. The van der Waals surface area contributed by atoms with E-state index in [0.717, 1.165) is 54.4 Å². The molecule has 1 saturated heterocycles. The second kappa shape index (κ2) is 6.67. The van der Waals surface area contributed by atoms with Gasteiger partial charge in [-0.25, -0.2) is 9.97 Å². The lowest BCUT2D eigenvalue weighted by Crippen LogP contribution is -2.34. The molecule has 0 atom stereocenters. The van der Waals surface area contributed by atoms with Crippen LogP contribution in [0.2, 0.25) is 0 Å². The molecule has 2 N–H and O–H groups in total. The van der Waals surface area contributed by atoms with Gasteiger partial charge in [-0.1, -0.05) is 30.3 Å². The topological polar surface area (TPSA) is 55.2 Å². The normalized spacial score (nSPS) is 16.3. The molecular weight excluding hydrogens is 336 g/mol. The Balaban J connectivity index is 1.44. The standard InChI is InChI=1S/C22H22N4O/c27-20-9-13-26(21-18-6-10-23-22(18)24-14-19(20)21)17-7-11-25(12-8-17)15-16-4-2-1-3-5-16/h1-6,9-10,13-14,17H,7-8,11-12,15H2,(H,23,24)/p+1. The SMILES string of the molecule is O=c1ccn(C2CCN(Cc3ccccc3)CC2)c2c1c[nH+]c1[nH]ccc12. The third kappa shape index (κ3) is 2.94. The van der Waals surface area contributed by atoms with Crippen LogP contribution in [0.4, 0.5) is 0 Å². The Morgan fingerprint density at radius 2 is 1.85 bits per heavy atom. The highest BCUT2D eigenvalue weighted by atomic mass is 16.1. The van der Waals surface area contributed by atoms with Crippen molar-refractivity contribution in [1.82, 2.24) is 14.5 Å². The quantitative estimate of drug-likeness (QED) is 0.611. The molecule has 4 heterocycles. The molecule has 1 aliphatic heterocycles. The van der Waals surface area contributed by atoms with Gasteiger partial charge in [-0.3, -0.25) is 9.69 Å². The number of hydrogen-bond acceptors (Lipinski definition) is 2. The van der Waals surface area contributed by atoms with Crippen LogP contribution in [0.3, 0.4) is 0 Å². The number of fused-ring (bicyclic) bond motifs is 3. The minimum Gasteiger partial charge on any atom is -0.343 e. The van der Waals surface area contributed by atoms with E-state index in [1.54, 1.807) is 6.07 Å². The lowest BCUT2D eigenvalue weighted by Gasteiger charge is -2.33. The molecule has 5 nitrogen and oxygen atoms in total. The van der Waals surface area contributed by atoms with Crippen LogP contribution in [0, 0.1) is 0 Å². The predicted molar refractivity (Wildman–Crippen MR) is 107 cm³/mol. The Bertz CT molecular complexity index is 1140. The Labute approximate surface area is 157 Å². The lowest BCUT2D eigenvalue weighted by molar-refractivity contribution is -0.345. The number of nitrogens with zero attached hydrogens (tertiary/aromatic N) is 2. The van der Waals surface area contributed by atoms with Crippen molar-refractivity contribution >= 4 is 21.9 Å². The number of benzene rings is 1. The van der Waals surface area contributed by atoms with Crippen LogP contribution < -0.4 is 10.4 Å². The van der Waals surface area contributed by atoms with Crippen molar-refractivity contribution in [2.75, 3.05) is 13.1 Å². The molecule has 0 saturated carbocycles. The molecule has 0 amide bonds. The monoisotopic (exact) mass is 359 g/mol. The van der Waals surface area contributed by atoms with Crippen LogP contribution in [0.5, 0.6) is 0 Å². The molecule has 5 rings (SSSR count). The second-order valence-corrected chi connectivity index (χ2v) is 7.40. The van der Waals surface area contributed by atoms with Gasteiger partial charge in [0, 0.05) is 37.9 Å². The first kappa shape index (κ1) is 16.3. The van der Waals surface area contributed by atoms with E-state index in [2.05, 4.69) is 55.8 Å². The first-order valence-electron chi connectivity index (χ1n) is 9.58. The summed E-state index contributed by atoms with van der Waals surface area (Å²) in [5.74, 6) is 0. The first-order valence-corrected chi connectivity index (χ1v) is 9.58. The predicted octanol–water partition coefficient (Wildman–Crippen LogP) is 3.13. The van der Waals surface area contributed by atoms with Crippen LogP contribution in [0.25, 0.3) is 21.9 Å².